The van der Waals surface area contributed by atoms with Crippen LogP contribution >= 0.6 is 0 Å². The summed E-state index contributed by atoms with van der Waals surface area (Å²) in [6, 6.07) is 22.6. The SMILES string of the molecule is Cc1ccc(N2CC(=O)N(c3ccc(C)cc3)[C@@H](c3ccc(N(C)C)cc3)C2=O)cc1. The molecule has 0 aromatic heterocycles. The first-order chi connectivity index (χ1) is 14.8. The molecule has 158 valence electrons. The Bertz CT molecular complexity index is 1090. The van der Waals surface area contributed by atoms with E-state index in [0.29, 0.717) is 0 Å². The van der Waals surface area contributed by atoms with Crippen LogP contribution < -0.4 is 14.7 Å². The van der Waals surface area contributed by atoms with Crippen molar-refractivity contribution < 1.29 is 9.59 Å². The number of anilines is 3. The summed E-state index contributed by atoms with van der Waals surface area (Å²) in [7, 11) is 3.95. The lowest BCUT2D eigenvalue weighted by atomic mass is 9.98. The maximum atomic E-state index is 13.7. The highest BCUT2D eigenvalue weighted by Crippen LogP contribution is 2.35. The summed E-state index contributed by atoms with van der Waals surface area (Å²) in [4.78, 5) is 32.3. The average molecular weight is 414 g/mol. The Hall–Kier alpha value is -3.60. The summed E-state index contributed by atoms with van der Waals surface area (Å²) in [6.07, 6.45) is 0. The van der Waals surface area contributed by atoms with Gasteiger partial charge in [-0.05, 0) is 55.8 Å². The Kier molecular flexibility index (Phi) is 5.51. The first-order valence-corrected chi connectivity index (χ1v) is 10.4. The minimum absolute atomic E-state index is 0.0159. The molecule has 5 heteroatoms. The number of amides is 2. The van der Waals surface area contributed by atoms with Gasteiger partial charge in [-0.3, -0.25) is 14.5 Å². The summed E-state index contributed by atoms with van der Waals surface area (Å²) >= 11 is 0. The summed E-state index contributed by atoms with van der Waals surface area (Å²) in [5, 5.41) is 0. The second kappa shape index (κ2) is 8.26. The summed E-state index contributed by atoms with van der Waals surface area (Å²) in [5.41, 5.74) is 5.51. The molecule has 1 atom stereocenters. The van der Waals surface area contributed by atoms with Crippen LogP contribution in [-0.4, -0.2) is 32.5 Å². The van der Waals surface area contributed by atoms with Gasteiger partial charge in [0, 0.05) is 31.2 Å². The van der Waals surface area contributed by atoms with Gasteiger partial charge in [0.2, 0.25) is 5.91 Å². The number of nitrogens with zero attached hydrogens (tertiary/aromatic N) is 3. The molecular formula is C26H27N3O2. The molecule has 0 saturated carbocycles. The minimum atomic E-state index is -0.721. The molecule has 1 fully saturated rings. The minimum Gasteiger partial charge on any atom is -0.378 e. The van der Waals surface area contributed by atoms with Crippen molar-refractivity contribution >= 4 is 28.9 Å². The van der Waals surface area contributed by atoms with Gasteiger partial charge in [0.1, 0.15) is 12.6 Å². The van der Waals surface area contributed by atoms with Gasteiger partial charge in [-0.1, -0.05) is 47.5 Å². The molecule has 31 heavy (non-hydrogen) atoms. The molecule has 1 aliphatic rings. The highest BCUT2D eigenvalue weighted by molar-refractivity contribution is 6.14. The lowest BCUT2D eigenvalue weighted by molar-refractivity contribution is -0.128. The highest BCUT2D eigenvalue weighted by atomic mass is 16.2. The highest BCUT2D eigenvalue weighted by Gasteiger charge is 2.41. The van der Waals surface area contributed by atoms with E-state index in [4.69, 9.17) is 0 Å². The van der Waals surface area contributed by atoms with Gasteiger partial charge in [-0.2, -0.15) is 0 Å². The van der Waals surface area contributed by atoms with Crippen molar-refractivity contribution in [2.24, 2.45) is 0 Å². The standard InChI is InChI=1S/C26H27N3O2/c1-18-5-11-22(12-6-18)28-17-24(30)29(23-13-7-19(2)8-14-23)25(26(28)31)20-9-15-21(16-10-20)27(3)4/h5-16,25H,17H2,1-4H3/t25-/m0/s1. The van der Waals surface area contributed by atoms with E-state index in [1.807, 2.05) is 106 Å². The van der Waals surface area contributed by atoms with E-state index in [9.17, 15) is 9.59 Å². The molecule has 0 radical (unpaired) electrons. The fourth-order valence-corrected chi connectivity index (χ4v) is 3.88. The second-order valence-electron chi connectivity index (χ2n) is 8.25. The quantitative estimate of drug-likeness (QED) is 0.633. The summed E-state index contributed by atoms with van der Waals surface area (Å²) in [5.74, 6) is -0.215. The first-order valence-electron chi connectivity index (χ1n) is 10.4. The van der Waals surface area contributed by atoms with Gasteiger partial charge < -0.3 is 9.80 Å². The third kappa shape index (κ3) is 4.04. The third-order valence-corrected chi connectivity index (χ3v) is 5.70. The molecule has 1 aliphatic heterocycles. The molecule has 1 saturated heterocycles. The molecule has 0 spiro atoms. The Labute approximate surface area is 183 Å². The molecule has 4 rings (SSSR count). The van der Waals surface area contributed by atoms with Crippen LogP contribution in [0.1, 0.15) is 22.7 Å². The van der Waals surface area contributed by atoms with E-state index in [0.717, 1.165) is 33.8 Å². The summed E-state index contributed by atoms with van der Waals surface area (Å²) < 4.78 is 0. The average Bonchev–Trinajstić information content (AvgIpc) is 2.76. The van der Waals surface area contributed by atoms with Crippen LogP contribution in [0.4, 0.5) is 17.1 Å². The lowest BCUT2D eigenvalue weighted by Crippen LogP contribution is -2.56. The van der Waals surface area contributed by atoms with E-state index in [-0.39, 0.29) is 18.4 Å². The van der Waals surface area contributed by atoms with E-state index < -0.39 is 6.04 Å². The number of hydrogen-bond acceptors (Lipinski definition) is 3. The molecular weight excluding hydrogens is 386 g/mol. The van der Waals surface area contributed by atoms with Gasteiger partial charge in [0.05, 0.1) is 0 Å². The molecule has 3 aromatic carbocycles. The van der Waals surface area contributed by atoms with E-state index in [1.54, 1.807) is 9.80 Å². The van der Waals surface area contributed by atoms with Crippen molar-refractivity contribution in [3.8, 4) is 0 Å². The lowest BCUT2D eigenvalue weighted by Gasteiger charge is -2.40. The van der Waals surface area contributed by atoms with E-state index in [1.165, 1.54) is 0 Å². The fraction of sp³-hybridized carbons (Fsp3) is 0.231. The van der Waals surface area contributed by atoms with Crippen molar-refractivity contribution in [3.05, 3.63) is 89.5 Å². The molecule has 1 heterocycles. The zero-order valence-corrected chi connectivity index (χ0v) is 18.4. The van der Waals surface area contributed by atoms with Crippen molar-refractivity contribution in [1.82, 2.24) is 0 Å². The number of rotatable bonds is 4. The monoisotopic (exact) mass is 413 g/mol. The Morgan fingerprint density at radius 3 is 1.77 bits per heavy atom. The fourth-order valence-electron chi connectivity index (χ4n) is 3.88. The number of piperazine rings is 1. The van der Waals surface area contributed by atoms with Crippen LogP contribution in [0.25, 0.3) is 0 Å². The number of benzene rings is 3. The predicted octanol–water partition coefficient (Wildman–Crippen LogP) is 4.49. The predicted molar refractivity (Wildman–Crippen MR) is 126 cm³/mol. The molecule has 0 unspecified atom stereocenters. The van der Waals surface area contributed by atoms with Crippen LogP contribution in [0, 0.1) is 13.8 Å². The maximum Gasteiger partial charge on any atom is 0.255 e. The van der Waals surface area contributed by atoms with Gasteiger partial charge in [-0.15, -0.1) is 0 Å². The number of aryl methyl sites for hydroxylation is 2. The van der Waals surface area contributed by atoms with Crippen molar-refractivity contribution in [2.75, 3.05) is 35.3 Å². The molecule has 2 amide bonds. The molecule has 0 bridgehead atoms. The number of carbonyl (C=O) groups excluding carboxylic acids is 2. The smallest absolute Gasteiger partial charge is 0.255 e. The van der Waals surface area contributed by atoms with Crippen molar-refractivity contribution in [1.29, 1.82) is 0 Å². The van der Waals surface area contributed by atoms with Gasteiger partial charge in [0.25, 0.3) is 5.91 Å². The van der Waals surface area contributed by atoms with E-state index in [2.05, 4.69) is 0 Å². The molecule has 0 N–H and O–H groups in total. The largest absolute Gasteiger partial charge is 0.378 e. The van der Waals surface area contributed by atoms with Crippen LogP contribution in [0.3, 0.4) is 0 Å². The van der Waals surface area contributed by atoms with Gasteiger partial charge in [0.15, 0.2) is 0 Å². The van der Waals surface area contributed by atoms with Gasteiger partial charge >= 0.3 is 0 Å². The van der Waals surface area contributed by atoms with Crippen LogP contribution in [0.5, 0.6) is 0 Å². The normalized spacial score (nSPS) is 16.6. The number of hydrogen-bond donors (Lipinski definition) is 0. The molecule has 3 aromatic rings. The Morgan fingerprint density at radius 2 is 1.26 bits per heavy atom. The maximum absolute atomic E-state index is 13.7. The second-order valence-corrected chi connectivity index (χ2v) is 8.25. The zero-order valence-electron chi connectivity index (χ0n) is 18.4. The zero-order chi connectivity index (χ0) is 22.1. The Balaban J connectivity index is 1.79. The van der Waals surface area contributed by atoms with Crippen LogP contribution in [0.15, 0.2) is 72.8 Å². The van der Waals surface area contributed by atoms with Crippen LogP contribution in [0.2, 0.25) is 0 Å². The topological polar surface area (TPSA) is 43.9 Å². The van der Waals surface area contributed by atoms with Gasteiger partial charge in [-0.25, -0.2) is 0 Å². The first kappa shape index (κ1) is 20.7. The van der Waals surface area contributed by atoms with Crippen molar-refractivity contribution in [2.45, 2.75) is 19.9 Å². The molecule has 5 nitrogen and oxygen atoms in total. The Morgan fingerprint density at radius 1 is 0.742 bits per heavy atom. The number of carbonyl (C=O) groups is 2. The molecule has 0 aliphatic carbocycles. The third-order valence-electron chi connectivity index (χ3n) is 5.70. The van der Waals surface area contributed by atoms with Crippen molar-refractivity contribution in [3.63, 3.8) is 0 Å². The summed E-state index contributed by atoms with van der Waals surface area (Å²) in [6.45, 7) is 4.02. The van der Waals surface area contributed by atoms with E-state index >= 15 is 0 Å². The van der Waals surface area contributed by atoms with Crippen LogP contribution in [-0.2, 0) is 9.59 Å².